The molecule has 2 aliphatic carbocycles. The standard InChI is InChI=1S/C39H26Cl2F4N4O7/c40-21-7-5-19(6-8-21)38-26(34(52)49(37(38)56)47-32-27(41)14-20(16-46-32)39(43,44)45)15-25-23(31(38)17-4-11-29(50)28(42)13-17)9-10-24-30(25)35(53)48(33(24)51)22-3-1-2-18(12-22)36(54)55/h1-9,11-14,16,24-26,30-31,50H,10,15H2,(H,46,47)(H,54,55)/t24-,25+,26-,30-,31-,38+/m0/s1. The Hall–Kier alpha value is -5.80. The van der Waals surface area contributed by atoms with Crippen LogP contribution in [0, 0.1) is 29.5 Å². The number of rotatable bonds is 6. The zero-order valence-corrected chi connectivity index (χ0v) is 29.9. The number of hydrazine groups is 1. The number of allylic oxidation sites excluding steroid dienone is 2. The zero-order valence-electron chi connectivity index (χ0n) is 28.4. The van der Waals surface area contributed by atoms with Crippen LogP contribution in [0.25, 0.3) is 0 Å². The van der Waals surface area contributed by atoms with Crippen molar-refractivity contribution >= 4 is 64.3 Å². The maximum atomic E-state index is 15.3. The number of imide groups is 2. The number of anilines is 2. The van der Waals surface area contributed by atoms with E-state index in [2.05, 4.69) is 10.4 Å². The molecule has 4 amide bonds. The average molecular weight is 810 g/mol. The quantitative estimate of drug-likeness (QED) is 0.105. The number of hydrogen-bond donors (Lipinski definition) is 3. The van der Waals surface area contributed by atoms with Crippen molar-refractivity contribution in [2.75, 3.05) is 10.3 Å². The largest absolute Gasteiger partial charge is 0.505 e. The molecule has 56 heavy (non-hydrogen) atoms. The molecule has 0 bridgehead atoms. The molecular weight excluding hydrogens is 783 g/mol. The van der Waals surface area contributed by atoms with Crippen molar-refractivity contribution in [2.24, 2.45) is 23.7 Å². The maximum absolute atomic E-state index is 15.3. The summed E-state index contributed by atoms with van der Waals surface area (Å²) in [5.41, 5.74) is 0.0864. The van der Waals surface area contributed by atoms with Gasteiger partial charge in [0, 0.05) is 17.1 Å². The van der Waals surface area contributed by atoms with Crippen molar-refractivity contribution in [1.82, 2.24) is 9.99 Å². The second kappa shape index (κ2) is 13.2. The molecule has 0 unspecified atom stereocenters. The molecular formula is C39H26Cl2F4N4O7. The number of aromatic nitrogens is 1. The van der Waals surface area contributed by atoms with Gasteiger partial charge >= 0.3 is 12.1 Å². The highest BCUT2D eigenvalue weighted by Gasteiger charge is 2.70. The number of nitrogens with zero attached hydrogens (tertiary/aromatic N) is 3. The van der Waals surface area contributed by atoms with Crippen molar-refractivity contribution < 1.29 is 51.7 Å². The van der Waals surface area contributed by atoms with Crippen LogP contribution in [0.4, 0.5) is 29.1 Å². The number of carbonyl (C=O) groups excluding carboxylic acids is 4. The number of hydrogen-bond acceptors (Lipinski definition) is 8. The molecule has 0 radical (unpaired) electrons. The summed E-state index contributed by atoms with van der Waals surface area (Å²) < 4.78 is 55.7. The van der Waals surface area contributed by atoms with Gasteiger partial charge in [-0.1, -0.05) is 59.1 Å². The lowest BCUT2D eigenvalue weighted by Crippen LogP contribution is -2.53. The van der Waals surface area contributed by atoms with E-state index in [1.165, 1.54) is 54.6 Å². The van der Waals surface area contributed by atoms with Crippen LogP contribution in [0.5, 0.6) is 5.75 Å². The van der Waals surface area contributed by atoms with Gasteiger partial charge in [-0.3, -0.25) is 29.5 Å². The molecule has 11 nitrogen and oxygen atoms in total. The SMILES string of the molecule is O=C(O)c1cccc(N2C(=O)[C@H]3[C@H](CC=C4[C@H]3C[C@H]3C(=O)N(Nc5ncc(C(F)(F)F)cc5Cl)C(=O)[C@@]3(c3ccc(Cl)cc3)[C@H]4c3ccc(O)c(F)c3)C2=O)c1. The maximum Gasteiger partial charge on any atom is 0.417 e. The first kappa shape index (κ1) is 37.1. The Balaban J connectivity index is 1.30. The number of aromatic carboxylic acids is 1. The van der Waals surface area contributed by atoms with Gasteiger partial charge in [0.1, 0.15) is 0 Å². The summed E-state index contributed by atoms with van der Waals surface area (Å²) in [5.74, 6) is -12.1. The normalized spacial score (nSPS) is 25.8. The highest BCUT2D eigenvalue weighted by Crippen LogP contribution is 2.64. The summed E-state index contributed by atoms with van der Waals surface area (Å²) in [4.78, 5) is 74.8. The fourth-order valence-electron chi connectivity index (χ4n) is 8.89. The zero-order chi connectivity index (χ0) is 40.0. The van der Waals surface area contributed by atoms with Crippen molar-refractivity contribution in [1.29, 1.82) is 0 Å². The summed E-state index contributed by atoms with van der Waals surface area (Å²) >= 11 is 12.5. The minimum Gasteiger partial charge on any atom is -0.505 e. The number of alkyl halides is 3. The minimum atomic E-state index is -4.80. The van der Waals surface area contributed by atoms with Crippen molar-refractivity contribution in [3.8, 4) is 5.75 Å². The Labute approximate surface area is 324 Å². The van der Waals surface area contributed by atoms with Crippen molar-refractivity contribution in [2.45, 2.75) is 30.4 Å². The van der Waals surface area contributed by atoms with Crippen LogP contribution in [0.15, 0.2) is 90.6 Å². The number of amides is 4. The lowest BCUT2D eigenvalue weighted by Gasteiger charge is -2.50. The molecule has 3 N–H and O–H groups in total. The van der Waals surface area contributed by atoms with Gasteiger partial charge in [-0.2, -0.15) is 18.2 Å². The van der Waals surface area contributed by atoms with Crippen LogP contribution in [-0.2, 0) is 30.8 Å². The number of carbonyl (C=O) groups is 5. The fourth-order valence-corrected chi connectivity index (χ4v) is 9.23. The molecule has 3 heterocycles. The average Bonchev–Trinajstić information content (AvgIpc) is 3.54. The van der Waals surface area contributed by atoms with E-state index in [1.807, 2.05) is 0 Å². The van der Waals surface area contributed by atoms with Crippen molar-refractivity contribution in [3.63, 3.8) is 0 Å². The second-order valence-corrected chi connectivity index (χ2v) is 14.8. The summed E-state index contributed by atoms with van der Waals surface area (Å²) in [6.45, 7) is 0. The Kier molecular flexibility index (Phi) is 8.73. The van der Waals surface area contributed by atoms with E-state index in [4.69, 9.17) is 23.2 Å². The van der Waals surface area contributed by atoms with Gasteiger partial charge in [-0.05, 0) is 78.4 Å². The first-order valence-corrected chi connectivity index (χ1v) is 17.8. The summed E-state index contributed by atoms with van der Waals surface area (Å²) in [7, 11) is 0. The lowest BCUT2D eigenvalue weighted by molar-refractivity contribution is -0.139. The Bertz CT molecular complexity index is 2430. The van der Waals surface area contributed by atoms with Gasteiger partial charge in [0.25, 0.3) is 11.8 Å². The van der Waals surface area contributed by atoms with E-state index < -0.39 is 98.7 Å². The number of phenols is 1. The van der Waals surface area contributed by atoms with Crippen LogP contribution in [0.1, 0.15) is 45.8 Å². The van der Waals surface area contributed by atoms with Gasteiger partial charge in [0.2, 0.25) is 11.8 Å². The Morgan fingerprint density at radius 3 is 2.32 bits per heavy atom. The Morgan fingerprint density at radius 2 is 1.66 bits per heavy atom. The number of pyridine rings is 1. The second-order valence-electron chi connectivity index (χ2n) is 14.0. The molecule has 2 aliphatic heterocycles. The van der Waals surface area contributed by atoms with Gasteiger partial charge < -0.3 is 10.2 Å². The van der Waals surface area contributed by atoms with E-state index in [9.17, 15) is 42.6 Å². The molecule has 0 spiro atoms. The molecule has 3 fully saturated rings. The number of phenolic OH excluding ortho intramolecular Hbond substituents is 1. The van der Waals surface area contributed by atoms with E-state index in [-0.39, 0.29) is 40.2 Å². The lowest BCUT2D eigenvalue weighted by atomic mass is 9.49. The van der Waals surface area contributed by atoms with Gasteiger partial charge in [-0.15, -0.1) is 0 Å². The van der Waals surface area contributed by atoms with E-state index in [0.29, 0.717) is 22.8 Å². The Morgan fingerprint density at radius 1 is 0.929 bits per heavy atom. The number of benzene rings is 3. The summed E-state index contributed by atoms with van der Waals surface area (Å²) in [6.07, 6.45) is -2.84. The minimum absolute atomic E-state index is 0.0101. The molecule has 1 aromatic heterocycles. The number of nitrogens with one attached hydrogen (secondary N) is 1. The highest BCUT2D eigenvalue weighted by atomic mass is 35.5. The number of halogens is 6. The fraction of sp³-hybridized carbons (Fsp3) is 0.231. The third kappa shape index (κ3) is 5.54. The van der Waals surface area contributed by atoms with Crippen LogP contribution >= 0.6 is 23.2 Å². The van der Waals surface area contributed by atoms with E-state index >= 15 is 9.18 Å². The first-order chi connectivity index (χ1) is 26.5. The molecule has 286 valence electrons. The number of fused-ring (bicyclic) bond motifs is 4. The molecule has 3 aromatic carbocycles. The monoisotopic (exact) mass is 808 g/mol. The van der Waals surface area contributed by atoms with Crippen LogP contribution in [0.3, 0.4) is 0 Å². The molecule has 4 aromatic rings. The van der Waals surface area contributed by atoms with E-state index in [0.717, 1.165) is 17.0 Å². The smallest absolute Gasteiger partial charge is 0.417 e. The summed E-state index contributed by atoms with van der Waals surface area (Å²) in [6, 6.07) is 15.4. The van der Waals surface area contributed by atoms with Crippen LogP contribution < -0.4 is 10.3 Å². The number of aromatic hydroxyl groups is 1. The molecule has 6 atom stereocenters. The predicted molar refractivity (Wildman–Crippen MR) is 191 cm³/mol. The highest BCUT2D eigenvalue weighted by molar-refractivity contribution is 6.33. The van der Waals surface area contributed by atoms with Gasteiger partial charge in [-0.25, -0.2) is 14.2 Å². The van der Waals surface area contributed by atoms with Crippen LogP contribution in [0.2, 0.25) is 10.0 Å². The molecule has 4 aliphatic rings. The topological polar surface area (TPSA) is 157 Å². The molecule has 17 heteroatoms. The predicted octanol–water partition coefficient (Wildman–Crippen LogP) is 7.14. The molecule has 1 saturated carbocycles. The van der Waals surface area contributed by atoms with Crippen LogP contribution in [-0.4, -0.2) is 49.8 Å². The first-order valence-electron chi connectivity index (χ1n) is 17.1. The van der Waals surface area contributed by atoms with Gasteiger partial charge in [0.05, 0.1) is 45.0 Å². The molecule has 8 rings (SSSR count). The number of carboxylic acids is 1. The molecule has 2 saturated heterocycles. The van der Waals surface area contributed by atoms with Gasteiger partial charge in [0.15, 0.2) is 17.4 Å². The summed E-state index contributed by atoms with van der Waals surface area (Å²) in [5, 5.41) is 20.1. The number of carboxylic acid groups (broad SMARTS) is 1. The third-order valence-electron chi connectivity index (χ3n) is 11.2. The third-order valence-corrected chi connectivity index (χ3v) is 11.8. The van der Waals surface area contributed by atoms with Crippen molar-refractivity contribution in [3.05, 3.63) is 129 Å². The van der Waals surface area contributed by atoms with E-state index in [1.54, 1.807) is 6.08 Å².